The van der Waals surface area contributed by atoms with Crippen molar-refractivity contribution in [1.82, 2.24) is 0 Å². The van der Waals surface area contributed by atoms with Crippen molar-refractivity contribution in [2.24, 2.45) is 5.73 Å². The minimum atomic E-state index is -0.593. The first-order valence-corrected chi connectivity index (χ1v) is 4.95. The number of rotatable bonds is 3. The van der Waals surface area contributed by atoms with Gasteiger partial charge in [-0.25, -0.2) is 0 Å². The fraction of sp³-hybridized carbons (Fsp3) is 0.417. The van der Waals surface area contributed by atoms with Crippen LogP contribution in [0.2, 0.25) is 0 Å². The third kappa shape index (κ3) is 2.72. The van der Waals surface area contributed by atoms with Crippen LogP contribution < -0.4 is 10.5 Å². The van der Waals surface area contributed by atoms with Gasteiger partial charge in [0.25, 0.3) is 5.91 Å². The van der Waals surface area contributed by atoms with Gasteiger partial charge in [0.05, 0.1) is 0 Å². The van der Waals surface area contributed by atoms with Gasteiger partial charge in [-0.1, -0.05) is 6.07 Å². The number of carbonyl (C=O) groups excluding carboxylic acids is 1. The molecule has 2 N–H and O–H groups in total. The van der Waals surface area contributed by atoms with Crippen molar-refractivity contribution in [2.45, 2.75) is 33.8 Å². The molecule has 0 aliphatic heterocycles. The lowest BCUT2D eigenvalue weighted by atomic mass is 10.1. The normalized spacial score (nSPS) is 12.3. The van der Waals surface area contributed by atoms with E-state index in [4.69, 9.17) is 10.5 Å². The predicted molar refractivity (Wildman–Crippen MR) is 59.9 cm³/mol. The molecule has 1 atom stereocenters. The first-order chi connectivity index (χ1) is 6.91. The van der Waals surface area contributed by atoms with Gasteiger partial charge >= 0.3 is 0 Å². The topological polar surface area (TPSA) is 52.3 Å². The number of benzene rings is 1. The molecule has 0 aliphatic carbocycles. The Balaban J connectivity index is 2.99. The average molecular weight is 207 g/mol. The van der Waals surface area contributed by atoms with Crippen molar-refractivity contribution in [3.05, 3.63) is 28.8 Å². The molecule has 1 rings (SSSR count). The zero-order valence-electron chi connectivity index (χ0n) is 9.63. The van der Waals surface area contributed by atoms with Crippen LogP contribution in [-0.4, -0.2) is 12.0 Å². The molecule has 1 amide bonds. The highest BCUT2D eigenvalue weighted by molar-refractivity contribution is 5.78. The number of carbonyl (C=O) groups is 1. The van der Waals surface area contributed by atoms with E-state index in [2.05, 4.69) is 6.07 Å². The summed E-state index contributed by atoms with van der Waals surface area (Å²) < 4.78 is 5.49. The predicted octanol–water partition coefficient (Wildman–Crippen LogP) is 1.86. The first kappa shape index (κ1) is 11.6. The molecular weight excluding hydrogens is 190 g/mol. The van der Waals surface area contributed by atoms with Crippen molar-refractivity contribution in [3.63, 3.8) is 0 Å². The number of ether oxygens (including phenoxy) is 1. The lowest BCUT2D eigenvalue weighted by Crippen LogP contribution is -2.30. The molecule has 0 saturated heterocycles. The van der Waals surface area contributed by atoms with Crippen LogP contribution in [0.4, 0.5) is 0 Å². The van der Waals surface area contributed by atoms with Crippen molar-refractivity contribution >= 4 is 5.91 Å². The van der Waals surface area contributed by atoms with Gasteiger partial charge in [0.15, 0.2) is 6.10 Å². The lowest BCUT2D eigenvalue weighted by molar-refractivity contribution is -0.123. The van der Waals surface area contributed by atoms with E-state index in [0.29, 0.717) is 0 Å². The standard InChI is InChI=1S/C12H17NO2/c1-7-5-8(2)9(3)11(6-7)15-10(4)12(13)14/h5-6,10H,1-4H3,(H2,13,14)/t10-/m1/s1. The summed E-state index contributed by atoms with van der Waals surface area (Å²) in [5.41, 5.74) is 8.47. The molecule has 1 aromatic rings. The lowest BCUT2D eigenvalue weighted by Gasteiger charge is -2.15. The van der Waals surface area contributed by atoms with Crippen molar-refractivity contribution in [1.29, 1.82) is 0 Å². The van der Waals surface area contributed by atoms with E-state index in [-0.39, 0.29) is 0 Å². The number of hydrogen-bond acceptors (Lipinski definition) is 2. The minimum Gasteiger partial charge on any atom is -0.481 e. The number of primary amides is 1. The molecule has 15 heavy (non-hydrogen) atoms. The fourth-order valence-electron chi connectivity index (χ4n) is 1.37. The van der Waals surface area contributed by atoms with Gasteiger partial charge in [0.1, 0.15) is 5.75 Å². The largest absolute Gasteiger partial charge is 0.481 e. The maximum absolute atomic E-state index is 10.9. The molecule has 0 unspecified atom stereocenters. The van der Waals surface area contributed by atoms with E-state index in [1.54, 1.807) is 6.92 Å². The summed E-state index contributed by atoms with van der Waals surface area (Å²) in [5.74, 6) is 0.285. The first-order valence-electron chi connectivity index (χ1n) is 4.95. The van der Waals surface area contributed by atoms with Gasteiger partial charge in [-0.3, -0.25) is 4.79 Å². The van der Waals surface area contributed by atoms with Gasteiger partial charge in [0, 0.05) is 0 Å². The van der Waals surface area contributed by atoms with Crippen molar-refractivity contribution in [2.75, 3.05) is 0 Å². The molecule has 0 heterocycles. The molecule has 0 spiro atoms. The third-order valence-electron chi connectivity index (χ3n) is 2.47. The smallest absolute Gasteiger partial charge is 0.258 e. The zero-order chi connectivity index (χ0) is 11.6. The Hall–Kier alpha value is -1.51. The number of aryl methyl sites for hydroxylation is 2. The van der Waals surface area contributed by atoms with Gasteiger partial charge in [-0.05, 0) is 50.5 Å². The monoisotopic (exact) mass is 207 g/mol. The van der Waals surface area contributed by atoms with E-state index in [0.717, 1.165) is 22.4 Å². The van der Waals surface area contributed by atoms with E-state index in [1.165, 1.54) is 0 Å². The second-order valence-corrected chi connectivity index (χ2v) is 3.87. The van der Waals surface area contributed by atoms with Crippen LogP contribution in [0.5, 0.6) is 5.75 Å². The van der Waals surface area contributed by atoms with Gasteiger partial charge in [0.2, 0.25) is 0 Å². The molecule has 0 saturated carbocycles. The van der Waals surface area contributed by atoms with Crippen LogP contribution in [0.15, 0.2) is 12.1 Å². The van der Waals surface area contributed by atoms with Gasteiger partial charge < -0.3 is 10.5 Å². The Bertz CT molecular complexity index is 385. The maximum Gasteiger partial charge on any atom is 0.258 e. The van der Waals surface area contributed by atoms with Crippen LogP contribution >= 0.6 is 0 Å². The highest BCUT2D eigenvalue weighted by atomic mass is 16.5. The molecule has 82 valence electrons. The summed E-state index contributed by atoms with van der Waals surface area (Å²) in [6, 6.07) is 4.00. The molecule has 1 aromatic carbocycles. The van der Waals surface area contributed by atoms with Gasteiger partial charge in [-0.2, -0.15) is 0 Å². The third-order valence-corrected chi connectivity index (χ3v) is 2.47. The summed E-state index contributed by atoms with van der Waals surface area (Å²) in [5, 5.41) is 0. The average Bonchev–Trinajstić information content (AvgIpc) is 2.13. The van der Waals surface area contributed by atoms with Crippen LogP contribution in [0.25, 0.3) is 0 Å². The molecule has 0 aromatic heterocycles. The fourth-order valence-corrected chi connectivity index (χ4v) is 1.37. The van der Waals surface area contributed by atoms with Crippen LogP contribution in [0, 0.1) is 20.8 Å². The molecule has 0 fully saturated rings. The van der Waals surface area contributed by atoms with Crippen LogP contribution in [-0.2, 0) is 4.79 Å². The number of amides is 1. The minimum absolute atomic E-state index is 0.450. The van der Waals surface area contributed by atoms with Crippen molar-refractivity contribution < 1.29 is 9.53 Å². The molecule has 0 aliphatic rings. The second kappa shape index (κ2) is 4.34. The van der Waals surface area contributed by atoms with Crippen LogP contribution in [0.3, 0.4) is 0 Å². The maximum atomic E-state index is 10.9. The van der Waals surface area contributed by atoms with E-state index < -0.39 is 12.0 Å². The summed E-state index contributed by atoms with van der Waals surface area (Å²) in [6.45, 7) is 7.63. The summed E-state index contributed by atoms with van der Waals surface area (Å²) in [4.78, 5) is 10.9. The number of nitrogens with two attached hydrogens (primary N) is 1. The highest BCUT2D eigenvalue weighted by Gasteiger charge is 2.12. The zero-order valence-corrected chi connectivity index (χ0v) is 9.63. The molecule has 0 radical (unpaired) electrons. The Morgan fingerprint density at radius 1 is 1.33 bits per heavy atom. The van der Waals surface area contributed by atoms with Gasteiger partial charge in [-0.15, -0.1) is 0 Å². The second-order valence-electron chi connectivity index (χ2n) is 3.87. The highest BCUT2D eigenvalue weighted by Crippen LogP contribution is 2.24. The Kier molecular flexibility index (Phi) is 3.35. The Morgan fingerprint density at radius 3 is 2.47 bits per heavy atom. The molecule has 0 bridgehead atoms. The summed E-state index contributed by atoms with van der Waals surface area (Å²) in [6.07, 6.45) is -0.593. The van der Waals surface area contributed by atoms with E-state index >= 15 is 0 Å². The molecular formula is C12H17NO2. The summed E-state index contributed by atoms with van der Waals surface area (Å²) in [7, 11) is 0. The Labute approximate surface area is 90.2 Å². The molecule has 3 heteroatoms. The van der Waals surface area contributed by atoms with E-state index in [9.17, 15) is 4.79 Å². The van der Waals surface area contributed by atoms with Crippen LogP contribution in [0.1, 0.15) is 23.6 Å². The van der Waals surface area contributed by atoms with Crippen molar-refractivity contribution in [3.8, 4) is 5.75 Å². The van der Waals surface area contributed by atoms with E-state index in [1.807, 2.05) is 26.8 Å². The summed E-state index contributed by atoms with van der Waals surface area (Å²) >= 11 is 0. The molecule has 3 nitrogen and oxygen atoms in total. The Morgan fingerprint density at radius 2 is 1.93 bits per heavy atom. The number of hydrogen-bond donors (Lipinski definition) is 1. The quantitative estimate of drug-likeness (QED) is 0.822. The SMILES string of the molecule is Cc1cc(C)c(C)c(O[C@H](C)C(N)=O)c1.